The topological polar surface area (TPSA) is 43.6 Å². The molecular formula is C13H12N2O2S. The van der Waals surface area contributed by atoms with Gasteiger partial charge in [-0.15, -0.1) is 6.42 Å². The molecule has 2 aromatic heterocycles. The number of imidazole rings is 1. The second-order valence-corrected chi connectivity index (χ2v) is 4.39. The summed E-state index contributed by atoms with van der Waals surface area (Å²) in [5.74, 6) is 1.86. The van der Waals surface area contributed by atoms with Crippen LogP contribution in [0.15, 0.2) is 29.6 Å². The minimum absolute atomic E-state index is 0.294. The van der Waals surface area contributed by atoms with Crippen molar-refractivity contribution in [2.45, 2.75) is 18.2 Å². The number of rotatable bonds is 3. The second kappa shape index (κ2) is 5.15. The Labute approximate surface area is 109 Å². The first-order chi connectivity index (χ1) is 8.67. The fourth-order valence-electron chi connectivity index (χ4n) is 1.55. The van der Waals surface area contributed by atoms with E-state index in [9.17, 15) is 4.79 Å². The lowest BCUT2D eigenvalue weighted by molar-refractivity contribution is 0.0434. The summed E-state index contributed by atoms with van der Waals surface area (Å²) < 4.78 is 6.94. The molecule has 0 saturated carbocycles. The van der Waals surface area contributed by atoms with Gasteiger partial charge in [-0.25, -0.2) is 9.78 Å². The number of nitrogens with zero attached hydrogens (tertiary/aromatic N) is 2. The summed E-state index contributed by atoms with van der Waals surface area (Å²) in [5, 5.41) is 0.742. The van der Waals surface area contributed by atoms with Crippen LogP contribution >= 0.6 is 11.8 Å². The van der Waals surface area contributed by atoms with Gasteiger partial charge in [-0.1, -0.05) is 23.7 Å². The number of thioether (sulfide) groups is 1. The van der Waals surface area contributed by atoms with Gasteiger partial charge in [0, 0.05) is 6.20 Å². The third-order valence-electron chi connectivity index (χ3n) is 2.41. The van der Waals surface area contributed by atoms with E-state index in [-0.39, 0.29) is 0 Å². The Bertz CT molecular complexity index is 627. The van der Waals surface area contributed by atoms with Crippen molar-refractivity contribution in [2.24, 2.45) is 0 Å². The molecule has 0 radical (unpaired) electrons. The van der Waals surface area contributed by atoms with E-state index in [2.05, 4.69) is 10.9 Å². The summed E-state index contributed by atoms with van der Waals surface area (Å²) in [6.07, 6.45) is 8.39. The van der Waals surface area contributed by atoms with Gasteiger partial charge in [0.05, 0.1) is 5.52 Å². The molecule has 2 aromatic rings. The van der Waals surface area contributed by atoms with Gasteiger partial charge in [0.25, 0.3) is 0 Å². The van der Waals surface area contributed by atoms with Gasteiger partial charge in [0.2, 0.25) is 0 Å². The molecule has 0 aliphatic rings. The van der Waals surface area contributed by atoms with Crippen LogP contribution in [0.2, 0.25) is 0 Å². The van der Waals surface area contributed by atoms with E-state index < -0.39 is 12.1 Å². The Morgan fingerprint density at radius 1 is 1.61 bits per heavy atom. The zero-order valence-electron chi connectivity index (χ0n) is 10.1. The van der Waals surface area contributed by atoms with Crippen molar-refractivity contribution >= 4 is 23.2 Å². The van der Waals surface area contributed by atoms with Gasteiger partial charge in [-0.05, 0) is 25.3 Å². The molecule has 0 aliphatic heterocycles. The van der Waals surface area contributed by atoms with Crippen molar-refractivity contribution in [1.82, 2.24) is 9.38 Å². The average molecular weight is 260 g/mol. The number of carbonyl (C=O) groups is 1. The normalized spacial score (nSPS) is 12.1. The van der Waals surface area contributed by atoms with Crippen LogP contribution in [0.25, 0.3) is 5.52 Å². The van der Waals surface area contributed by atoms with E-state index in [0.717, 1.165) is 10.7 Å². The maximum Gasteiger partial charge on any atom is 0.360 e. The number of pyridine rings is 1. The predicted molar refractivity (Wildman–Crippen MR) is 70.7 cm³/mol. The molecule has 4 nitrogen and oxygen atoms in total. The summed E-state index contributed by atoms with van der Waals surface area (Å²) >= 11 is 1.46. The maximum absolute atomic E-state index is 12.0. The SMILES string of the molecule is C#CC(C)OC(=O)c1nc(SC)n2ccccc12. The van der Waals surface area contributed by atoms with Gasteiger partial charge in [0.15, 0.2) is 17.0 Å². The molecule has 18 heavy (non-hydrogen) atoms. The molecule has 0 saturated heterocycles. The largest absolute Gasteiger partial charge is 0.445 e. The van der Waals surface area contributed by atoms with Crippen molar-refractivity contribution in [3.8, 4) is 12.3 Å². The minimum Gasteiger partial charge on any atom is -0.445 e. The van der Waals surface area contributed by atoms with Crippen LogP contribution in [-0.2, 0) is 4.74 Å². The lowest BCUT2D eigenvalue weighted by Gasteiger charge is -2.05. The Morgan fingerprint density at radius 2 is 2.39 bits per heavy atom. The van der Waals surface area contributed by atoms with E-state index in [0.29, 0.717) is 5.69 Å². The first kappa shape index (κ1) is 12.5. The van der Waals surface area contributed by atoms with Gasteiger partial charge in [0.1, 0.15) is 0 Å². The summed E-state index contributed by atoms with van der Waals surface area (Å²) in [4.78, 5) is 16.2. The van der Waals surface area contributed by atoms with Crippen LogP contribution in [0, 0.1) is 12.3 Å². The Morgan fingerprint density at radius 3 is 3.06 bits per heavy atom. The fraction of sp³-hybridized carbons (Fsp3) is 0.231. The molecule has 0 N–H and O–H groups in total. The first-order valence-electron chi connectivity index (χ1n) is 5.35. The molecule has 5 heteroatoms. The second-order valence-electron chi connectivity index (χ2n) is 3.62. The van der Waals surface area contributed by atoms with Crippen LogP contribution in [0.5, 0.6) is 0 Å². The van der Waals surface area contributed by atoms with Crippen molar-refractivity contribution in [2.75, 3.05) is 6.26 Å². The number of hydrogen-bond acceptors (Lipinski definition) is 4. The zero-order valence-corrected chi connectivity index (χ0v) is 10.9. The third kappa shape index (κ3) is 2.20. The van der Waals surface area contributed by atoms with E-state index in [1.807, 2.05) is 35.1 Å². The Kier molecular flexibility index (Phi) is 3.58. The van der Waals surface area contributed by atoms with E-state index in [4.69, 9.17) is 11.2 Å². The number of fused-ring (bicyclic) bond motifs is 1. The lowest BCUT2D eigenvalue weighted by atomic mass is 10.3. The molecular weight excluding hydrogens is 248 g/mol. The molecule has 0 aliphatic carbocycles. The van der Waals surface area contributed by atoms with E-state index in [1.54, 1.807) is 6.92 Å². The van der Waals surface area contributed by atoms with Crippen LogP contribution in [0.4, 0.5) is 0 Å². The first-order valence-corrected chi connectivity index (χ1v) is 6.58. The quantitative estimate of drug-likeness (QED) is 0.482. The van der Waals surface area contributed by atoms with E-state index >= 15 is 0 Å². The molecule has 0 spiro atoms. The highest BCUT2D eigenvalue weighted by atomic mass is 32.2. The fourth-order valence-corrected chi connectivity index (χ4v) is 2.09. The van der Waals surface area contributed by atoms with Gasteiger partial charge >= 0.3 is 5.97 Å². The number of terminal acetylenes is 1. The van der Waals surface area contributed by atoms with E-state index in [1.165, 1.54) is 11.8 Å². The highest BCUT2D eigenvalue weighted by Gasteiger charge is 2.19. The average Bonchev–Trinajstić information content (AvgIpc) is 2.77. The summed E-state index contributed by atoms with van der Waals surface area (Å²) in [6.45, 7) is 1.64. The number of esters is 1. The number of ether oxygens (including phenoxy) is 1. The van der Waals surface area contributed by atoms with Gasteiger partial charge in [-0.2, -0.15) is 0 Å². The third-order valence-corrected chi connectivity index (χ3v) is 3.06. The highest BCUT2D eigenvalue weighted by Crippen LogP contribution is 2.20. The van der Waals surface area contributed by atoms with Crippen LogP contribution < -0.4 is 0 Å². The lowest BCUT2D eigenvalue weighted by Crippen LogP contribution is -2.13. The van der Waals surface area contributed by atoms with Crippen molar-refractivity contribution in [3.63, 3.8) is 0 Å². The molecule has 2 rings (SSSR count). The summed E-state index contributed by atoms with van der Waals surface area (Å²) in [7, 11) is 0. The zero-order chi connectivity index (χ0) is 13.1. The Balaban J connectivity index is 2.45. The molecule has 0 amide bonds. The number of aromatic nitrogens is 2. The Hall–Kier alpha value is -1.93. The summed E-state index contributed by atoms with van der Waals surface area (Å²) in [5.41, 5.74) is 1.01. The monoisotopic (exact) mass is 260 g/mol. The minimum atomic E-state index is -0.560. The standard InChI is InChI=1S/C13H12N2O2S/c1-4-9(2)17-12(16)11-10-7-5-6-8-15(10)13(14-11)18-3/h1,5-9H,2-3H3. The molecule has 0 fully saturated rings. The molecule has 1 unspecified atom stereocenters. The van der Waals surface area contributed by atoms with Crippen molar-refractivity contribution in [1.29, 1.82) is 0 Å². The van der Waals surface area contributed by atoms with Crippen LogP contribution in [0.3, 0.4) is 0 Å². The van der Waals surface area contributed by atoms with Crippen molar-refractivity contribution < 1.29 is 9.53 Å². The maximum atomic E-state index is 12.0. The summed E-state index contributed by atoms with van der Waals surface area (Å²) in [6, 6.07) is 5.56. The van der Waals surface area contributed by atoms with Crippen LogP contribution in [-0.4, -0.2) is 27.7 Å². The molecule has 0 aromatic carbocycles. The van der Waals surface area contributed by atoms with Gasteiger partial charge in [-0.3, -0.25) is 4.40 Å². The number of carbonyl (C=O) groups excluding carboxylic acids is 1. The molecule has 1 atom stereocenters. The molecule has 0 bridgehead atoms. The van der Waals surface area contributed by atoms with Crippen LogP contribution in [0.1, 0.15) is 17.4 Å². The predicted octanol–water partition coefficient (Wildman–Crippen LogP) is 2.23. The van der Waals surface area contributed by atoms with Crippen molar-refractivity contribution in [3.05, 3.63) is 30.1 Å². The molecule has 2 heterocycles. The molecule has 92 valence electrons. The number of hydrogen-bond donors (Lipinski definition) is 0. The van der Waals surface area contributed by atoms with Gasteiger partial charge < -0.3 is 4.74 Å². The smallest absolute Gasteiger partial charge is 0.360 e. The highest BCUT2D eigenvalue weighted by molar-refractivity contribution is 7.98.